The third-order valence-electron chi connectivity index (χ3n) is 9.74. The number of unbranched alkanes of at least 4 members (excludes halogenated alkanes) is 2. The Labute approximate surface area is 264 Å². The Balaban J connectivity index is 1.61. The number of aliphatic hydroxyl groups excluding tert-OH is 1. The zero-order valence-electron chi connectivity index (χ0n) is 25.5. The molecule has 234 valence electrons. The van der Waals surface area contributed by atoms with E-state index in [1.54, 1.807) is 45.1 Å². The summed E-state index contributed by atoms with van der Waals surface area (Å²) in [5.74, 6) is -2.51. The molecule has 1 N–H and O–H groups in total. The fourth-order valence-electron chi connectivity index (χ4n) is 7.69. The topological polar surface area (TPSA) is 90.4 Å². The number of carbonyl (C=O) groups excluding carboxylic acids is 3. The summed E-state index contributed by atoms with van der Waals surface area (Å²) >= 11 is 6.59. The Hall–Kier alpha value is -3.46. The molecule has 0 aromatic heterocycles. The van der Waals surface area contributed by atoms with Crippen LogP contribution in [0.25, 0.3) is 0 Å². The van der Waals surface area contributed by atoms with E-state index in [1.165, 1.54) is 0 Å². The number of aliphatic hydroxyl groups is 1. The monoisotopic (exact) mass is 619 g/mol. The van der Waals surface area contributed by atoms with Crippen LogP contribution in [-0.2, 0) is 19.1 Å². The minimum atomic E-state index is -1.20. The van der Waals surface area contributed by atoms with Gasteiger partial charge in [0.25, 0.3) is 5.91 Å². The molecule has 2 aromatic carbocycles. The highest BCUT2D eigenvalue weighted by Crippen LogP contribution is 2.65. The van der Waals surface area contributed by atoms with Gasteiger partial charge in [-0.05, 0) is 62.8 Å². The first kappa shape index (κ1) is 31.9. The molecule has 8 nitrogen and oxygen atoms in total. The van der Waals surface area contributed by atoms with Crippen LogP contribution in [0.15, 0.2) is 79.9 Å². The van der Waals surface area contributed by atoms with Crippen molar-refractivity contribution in [3.05, 3.63) is 84.9 Å². The summed E-state index contributed by atoms with van der Waals surface area (Å²) in [6.07, 6.45) is 5.66. The lowest BCUT2D eigenvalue weighted by Crippen LogP contribution is -2.57. The average molecular weight is 620 g/mol. The van der Waals surface area contributed by atoms with Gasteiger partial charge in [0.1, 0.15) is 11.6 Å². The smallest absolute Gasteiger partial charge is 0.253 e. The standard InChI is InChI=1S/C35H42ClN3O5/c1-5-19-37(25-15-9-7-10-16-25)31(41)28-29-32(42)39(21-13-8-14-22-40)30(35(29)23-24(3)34(28,4)44-35)33(43)38(20-6-2)27-18-12-11-17-26(27)36/h5-7,9-12,15-18,24,28-30,40H,1-2,8,13-14,19-23H2,3-4H3/t24?,28-,29+,30?,34+,35?/m1/s1. The first-order chi connectivity index (χ1) is 21.2. The lowest BCUT2D eigenvalue weighted by atomic mass is 9.62. The molecule has 1 spiro atoms. The van der Waals surface area contributed by atoms with Crippen molar-refractivity contribution in [1.82, 2.24) is 4.90 Å². The first-order valence-electron chi connectivity index (χ1n) is 15.4. The third-order valence-corrected chi connectivity index (χ3v) is 10.1. The largest absolute Gasteiger partial charge is 0.396 e. The molecule has 5 rings (SSSR count). The van der Waals surface area contributed by atoms with E-state index in [4.69, 9.17) is 16.3 Å². The van der Waals surface area contributed by atoms with Crippen molar-refractivity contribution in [2.75, 3.05) is 36.0 Å². The summed E-state index contributed by atoms with van der Waals surface area (Å²) in [5, 5.41) is 9.77. The summed E-state index contributed by atoms with van der Waals surface area (Å²) in [5.41, 5.74) is -0.926. The maximum atomic E-state index is 14.8. The SMILES string of the molecule is C=CCN(C(=O)[C@H]1[C@H]2C(=O)N(CCCCCO)C(C(=O)N(CC=C)c3ccccc3Cl)C23CC(C)[C@]1(C)O3)c1ccccc1. The molecule has 3 aliphatic rings. The molecule has 6 atom stereocenters. The summed E-state index contributed by atoms with van der Waals surface area (Å²) in [6.45, 7) is 12.5. The highest BCUT2D eigenvalue weighted by atomic mass is 35.5. The molecule has 3 saturated heterocycles. The normalized spacial score (nSPS) is 28.5. The molecule has 44 heavy (non-hydrogen) atoms. The van der Waals surface area contributed by atoms with Gasteiger partial charge in [-0.25, -0.2) is 0 Å². The number of anilines is 2. The maximum Gasteiger partial charge on any atom is 0.253 e. The molecule has 0 saturated carbocycles. The van der Waals surface area contributed by atoms with Crippen LogP contribution in [0.3, 0.4) is 0 Å². The van der Waals surface area contributed by atoms with E-state index >= 15 is 0 Å². The number of rotatable bonds is 13. The zero-order chi connectivity index (χ0) is 31.6. The van der Waals surface area contributed by atoms with Crippen LogP contribution in [0.4, 0.5) is 11.4 Å². The van der Waals surface area contributed by atoms with Crippen LogP contribution < -0.4 is 9.80 Å². The number of halogens is 1. The van der Waals surface area contributed by atoms with Gasteiger partial charge in [0.15, 0.2) is 0 Å². The fraction of sp³-hybridized carbons (Fsp3) is 0.457. The molecule has 2 aromatic rings. The van der Waals surface area contributed by atoms with Gasteiger partial charge in [-0.1, -0.05) is 61.0 Å². The molecule has 9 heteroatoms. The van der Waals surface area contributed by atoms with Crippen molar-refractivity contribution >= 4 is 40.7 Å². The number of likely N-dealkylation sites (tertiary alicyclic amines) is 1. The second-order valence-electron chi connectivity index (χ2n) is 12.3. The Morgan fingerprint density at radius 3 is 2.34 bits per heavy atom. The second-order valence-corrected chi connectivity index (χ2v) is 12.7. The number of hydrogen-bond donors (Lipinski definition) is 1. The van der Waals surface area contributed by atoms with Crippen molar-refractivity contribution in [1.29, 1.82) is 0 Å². The summed E-state index contributed by atoms with van der Waals surface area (Å²) in [4.78, 5) is 48.9. The van der Waals surface area contributed by atoms with Crippen LogP contribution in [-0.4, -0.2) is 71.2 Å². The Bertz CT molecular complexity index is 1420. The van der Waals surface area contributed by atoms with Crippen molar-refractivity contribution in [3.63, 3.8) is 0 Å². The number of nitrogens with zero attached hydrogens (tertiary/aromatic N) is 3. The molecule has 0 aliphatic carbocycles. The number of amides is 3. The molecule has 3 fully saturated rings. The van der Waals surface area contributed by atoms with E-state index in [0.29, 0.717) is 48.6 Å². The average Bonchev–Trinajstić information content (AvgIpc) is 3.53. The molecule has 0 radical (unpaired) electrons. The van der Waals surface area contributed by atoms with Crippen LogP contribution in [0, 0.1) is 17.8 Å². The zero-order valence-corrected chi connectivity index (χ0v) is 26.3. The Morgan fingerprint density at radius 2 is 1.68 bits per heavy atom. The summed E-state index contributed by atoms with van der Waals surface area (Å²) < 4.78 is 6.96. The predicted molar refractivity (Wildman–Crippen MR) is 172 cm³/mol. The number of fused-ring (bicyclic) bond motifs is 1. The van der Waals surface area contributed by atoms with Gasteiger partial charge in [-0.3, -0.25) is 14.4 Å². The molecule has 3 heterocycles. The number of benzene rings is 2. The van der Waals surface area contributed by atoms with Gasteiger partial charge in [0, 0.05) is 31.9 Å². The number of hydrogen-bond acceptors (Lipinski definition) is 5. The number of carbonyl (C=O) groups is 3. The van der Waals surface area contributed by atoms with Crippen molar-refractivity contribution in [2.24, 2.45) is 17.8 Å². The van der Waals surface area contributed by atoms with Crippen LogP contribution >= 0.6 is 11.6 Å². The predicted octanol–water partition coefficient (Wildman–Crippen LogP) is 5.25. The lowest BCUT2D eigenvalue weighted by molar-refractivity contribution is -0.145. The quantitative estimate of drug-likeness (QED) is 0.244. The molecular weight excluding hydrogens is 578 g/mol. The van der Waals surface area contributed by atoms with E-state index < -0.39 is 29.1 Å². The molecule has 3 aliphatic heterocycles. The molecule has 3 unspecified atom stereocenters. The molecule has 3 amide bonds. The van der Waals surface area contributed by atoms with Gasteiger partial charge in [-0.15, -0.1) is 13.2 Å². The Kier molecular flexibility index (Phi) is 9.35. The number of ether oxygens (including phenoxy) is 1. The molecule has 2 bridgehead atoms. The van der Waals surface area contributed by atoms with Crippen molar-refractivity contribution in [2.45, 2.75) is 56.8 Å². The minimum absolute atomic E-state index is 0.0522. The highest BCUT2D eigenvalue weighted by Gasteiger charge is 2.80. The summed E-state index contributed by atoms with van der Waals surface area (Å²) in [6, 6.07) is 15.5. The third kappa shape index (κ3) is 5.17. The van der Waals surface area contributed by atoms with Crippen LogP contribution in [0.2, 0.25) is 5.02 Å². The van der Waals surface area contributed by atoms with Gasteiger partial charge >= 0.3 is 0 Å². The highest BCUT2D eigenvalue weighted by molar-refractivity contribution is 6.34. The van der Waals surface area contributed by atoms with Crippen molar-refractivity contribution in [3.8, 4) is 0 Å². The summed E-state index contributed by atoms with van der Waals surface area (Å²) in [7, 11) is 0. The number of para-hydroxylation sites is 2. The van der Waals surface area contributed by atoms with E-state index in [9.17, 15) is 19.5 Å². The Morgan fingerprint density at radius 1 is 1.02 bits per heavy atom. The van der Waals surface area contributed by atoms with Crippen LogP contribution in [0.1, 0.15) is 39.5 Å². The van der Waals surface area contributed by atoms with Gasteiger partial charge in [-0.2, -0.15) is 0 Å². The van der Waals surface area contributed by atoms with Gasteiger partial charge in [0.05, 0.1) is 28.1 Å². The first-order valence-corrected chi connectivity index (χ1v) is 15.8. The van der Waals surface area contributed by atoms with Crippen LogP contribution in [0.5, 0.6) is 0 Å². The van der Waals surface area contributed by atoms with E-state index in [0.717, 1.165) is 0 Å². The second kappa shape index (κ2) is 12.9. The van der Waals surface area contributed by atoms with Crippen molar-refractivity contribution < 1.29 is 24.2 Å². The lowest BCUT2D eigenvalue weighted by Gasteiger charge is -2.39. The van der Waals surface area contributed by atoms with E-state index in [1.807, 2.05) is 50.2 Å². The van der Waals surface area contributed by atoms with Gasteiger partial charge in [0.2, 0.25) is 11.8 Å². The maximum absolute atomic E-state index is 14.8. The minimum Gasteiger partial charge on any atom is -0.396 e. The van der Waals surface area contributed by atoms with E-state index in [2.05, 4.69) is 13.2 Å². The molecular formula is C35H42ClN3O5. The van der Waals surface area contributed by atoms with E-state index in [-0.39, 0.29) is 43.3 Å². The fourth-order valence-corrected chi connectivity index (χ4v) is 7.92. The van der Waals surface area contributed by atoms with Gasteiger partial charge < -0.3 is 24.5 Å².